The second-order valence-corrected chi connectivity index (χ2v) is 6.59. The van der Waals surface area contributed by atoms with E-state index in [0.717, 1.165) is 17.0 Å². The van der Waals surface area contributed by atoms with Crippen LogP contribution in [0.1, 0.15) is 12.5 Å². The van der Waals surface area contributed by atoms with Crippen LogP contribution in [0.25, 0.3) is 0 Å². The normalized spacial score (nSPS) is 16.9. The van der Waals surface area contributed by atoms with E-state index in [4.69, 9.17) is 11.6 Å². The summed E-state index contributed by atoms with van der Waals surface area (Å²) in [5.41, 5.74) is 2.30. The van der Waals surface area contributed by atoms with Crippen LogP contribution in [0.15, 0.2) is 53.4 Å². The molecule has 2 aromatic rings. The molecule has 1 amide bonds. The maximum absolute atomic E-state index is 12.6. The van der Waals surface area contributed by atoms with Gasteiger partial charge < -0.3 is 4.90 Å². The van der Waals surface area contributed by atoms with Gasteiger partial charge in [-0.05, 0) is 37.1 Å². The number of hydrogen-bond acceptors (Lipinski definition) is 2. The molecule has 0 saturated carbocycles. The van der Waals surface area contributed by atoms with Gasteiger partial charge in [0.05, 0.1) is 10.8 Å². The molecule has 1 heterocycles. The van der Waals surface area contributed by atoms with E-state index in [0.29, 0.717) is 10.8 Å². The summed E-state index contributed by atoms with van der Waals surface area (Å²) in [4.78, 5) is 15.4. The Balaban J connectivity index is 1.73. The Hall–Kier alpha value is -1.45. The molecule has 21 heavy (non-hydrogen) atoms. The van der Waals surface area contributed by atoms with Gasteiger partial charge in [0.2, 0.25) is 5.91 Å². The number of hydrogen-bond donors (Lipinski definition) is 0. The highest BCUT2D eigenvalue weighted by molar-refractivity contribution is 8.00. The molecule has 1 unspecified atom stereocenters. The van der Waals surface area contributed by atoms with Crippen molar-refractivity contribution in [1.82, 2.24) is 0 Å². The van der Waals surface area contributed by atoms with Gasteiger partial charge in [0, 0.05) is 16.6 Å². The summed E-state index contributed by atoms with van der Waals surface area (Å²) in [5, 5.41) is 0.699. The molecular weight excluding hydrogens is 302 g/mol. The van der Waals surface area contributed by atoms with E-state index in [1.165, 1.54) is 17.3 Å². The molecule has 4 heteroatoms. The van der Waals surface area contributed by atoms with Crippen molar-refractivity contribution in [3.05, 3.63) is 59.1 Å². The number of anilines is 1. The number of benzene rings is 2. The molecule has 0 aliphatic carbocycles. The summed E-state index contributed by atoms with van der Waals surface area (Å²) < 4.78 is 0. The van der Waals surface area contributed by atoms with E-state index in [1.807, 2.05) is 47.4 Å². The maximum Gasteiger partial charge on any atom is 0.237 e. The van der Waals surface area contributed by atoms with E-state index in [1.54, 1.807) is 0 Å². The zero-order valence-electron chi connectivity index (χ0n) is 11.8. The van der Waals surface area contributed by atoms with Crippen LogP contribution in [0.2, 0.25) is 5.02 Å². The third-order valence-corrected chi connectivity index (χ3v) is 5.16. The molecule has 2 aromatic carbocycles. The van der Waals surface area contributed by atoms with Crippen LogP contribution in [-0.4, -0.2) is 17.7 Å². The van der Waals surface area contributed by atoms with Gasteiger partial charge in [-0.1, -0.05) is 41.9 Å². The van der Waals surface area contributed by atoms with Gasteiger partial charge in [0.1, 0.15) is 0 Å². The number of amides is 1. The maximum atomic E-state index is 12.6. The van der Waals surface area contributed by atoms with Crippen molar-refractivity contribution in [2.75, 3.05) is 10.7 Å². The second-order valence-electron chi connectivity index (χ2n) is 5.16. The standard InChI is InChI=1S/C17H16ClNOS/c1-12-10-13-6-2-4-8-15(13)19(12)17(20)11-21-16-9-5-3-7-14(16)18/h2-9,12H,10-11H2,1H3. The molecule has 0 spiro atoms. The Morgan fingerprint density at radius 2 is 1.95 bits per heavy atom. The Bertz CT molecular complexity index is 673. The van der Waals surface area contributed by atoms with Crippen molar-refractivity contribution < 1.29 is 4.79 Å². The first kappa shape index (κ1) is 14.5. The minimum atomic E-state index is 0.136. The summed E-state index contributed by atoms with van der Waals surface area (Å²) in [5.74, 6) is 0.542. The first-order chi connectivity index (χ1) is 10.2. The average Bonchev–Trinajstić information content (AvgIpc) is 2.82. The van der Waals surface area contributed by atoms with Crippen LogP contribution in [0, 0.1) is 0 Å². The fourth-order valence-electron chi connectivity index (χ4n) is 2.72. The van der Waals surface area contributed by atoms with Crippen LogP contribution in [0.3, 0.4) is 0 Å². The van der Waals surface area contributed by atoms with Crippen LogP contribution >= 0.6 is 23.4 Å². The van der Waals surface area contributed by atoms with Crippen molar-refractivity contribution >= 4 is 35.0 Å². The molecule has 2 nitrogen and oxygen atoms in total. The Morgan fingerprint density at radius 1 is 1.24 bits per heavy atom. The quantitative estimate of drug-likeness (QED) is 0.782. The second kappa shape index (κ2) is 6.12. The number of fused-ring (bicyclic) bond motifs is 1. The van der Waals surface area contributed by atoms with Crippen molar-refractivity contribution in [2.24, 2.45) is 0 Å². The highest BCUT2D eigenvalue weighted by Crippen LogP contribution is 2.33. The van der Waals surface area contributed by atoms with Gasteiger partial charge in [-0.25, -0.2) is 0 Å². The van der Waals surface area contributed by atoms with Gasteiger partial charge >= 0.3 is 0 Å². The summed E-state index contributed by atoms with van der Waals surface area (Å²) in [6.07, 6.45) is 0.929. The molecular formula is C17H16ClNOS. The van der Waals surface area contributed by atoms with Crippen molar-refractivity contribution in [1.29, 1.82) is 0 Å². The summed E-state index contributed by atoms with van der Waals surface area (Å²) in [6, 6.07) is 16.0. The third kappa shape index (κ3) is 2.94. The fraction of sp³-hybridized carbons (Fsp3) is 0.235. The average molecular weight is 318 g/mol. The minimum absolute atomic E-state index is 0.136. The molecule has 1 aliphatic rings. The Morgan fingerprint density at radius 3 is 2.76 bits per heavy atom. The Labute approximate surface area is 134 Å². The number of carbonyl (C=O) groups excluding carboxylic acids is 1. The van der Waals surface area contributed by atoms with Crippen LogP contribution in [0.5, 0.6) is 0 Å². The van der Waals surface area contributed by atoms with Crippen LogP contribution in [-0.2, 0) is 11.2 Å². The molecule has 1 atom stereocenters. The van der Waals surface area contributed by atoms with Crippen molar-refractivity contribution in [3.8, 4) is 0 Å². The van der Waals surface area contributed by atoms with Gasteiger partial charge in [0.15, 0.2) is 0 Å². The number of rotatable bonds is 3. The lowest BCUT2D eigenvalue weighted by molar-refractivity contribution is -0.116. The fourth-order valence-corrected chi connectivity index (χ4v) is 3.81. The predicted molar refractivity (Wildman–Crippen MR) is 89.3 cm³/mol. The van der Waals surface area contributed by atoms with Gasteiger partial charge in [0.25, 0.3) is 0 Å². The number of thioether (sulfide) groups is 1. The minimum Gasteiger partial charge on any atom is -0.308 e. The summed E-state index contributed by atoms with van der Waals surface area (Å²) in [7, 11) is 0. The molecule has 0 fully saturated rings. The molecule has 0 N–H and O–H groups in total. The molecule has 0 saturated heterocycles. The first-order valence-corrected chi connectivity index (χ1v) is 8.30. The monoisotopic (exact) mass is 317 g/mol. The SMILES string of the molecule is CC1Cc2ccccc2N1C(=O)CSc1ccccc1Cl. The number of halogens is 1. The van der Waals surface area contributed by atoms with E-state index < -0.39 is 0 Å². The largest absolute Gasteiger partial charge is 0.308 e. The lowest BCUT2D eigenvalue weighted by Crippen LogP contribution is -2.36. The molecule has 3 rings (SSSR count). The Kier molecular flexibility index (Phi) is 4.22. The van der Waals surface area contributed by atoms with E-state index in [9.17, 15) is 4.79 Å². The van der Waals surface area contributed by atoms with E-state index in [2.05, 4.69) is 13.0 Å². The predicted octanol–water partition coefficient (Wildman–Crippen LogP) is 4.41. The van der Waals surface area contributed by atoms with Gasteiger partial charge in [-0.15, -0.1) is 11.8 Å². The van der Waals surface area contributed by atoms with Crippen LogP contribution < -0.4 is 4.90 Å². The number of nitrogens with zero attached hydrogens (tertiary/aromatic N) is 1. The van der Waals surface area contributed by atoms with E-state index in [-0.39, 0.29) is 11.9 Å². The molecule has 108 valence electrons. The van der Waals surface area contributed by atoms with Crippen molar-refractivity contribution in [2.45, 2.75) is 24.3 Å². The molecule has 0 aromatic heterocycles. The highest BCUT2D eigenvalue weighted by atomic mass is 35.5. The lowest BCUT2D eigenvalue weighted by atomic mass is 10.1. The highest BCUT2D eigenvalue weighted by Gasteiger charge is 2.30. The zero-order chi connectivity index (χ0) is 14.8. The smallest absolute Gasteiger partial charge is 0.237 e. The van der Waals surface area contributed by atoms with Crippen molar-refractivity contribution in [3.63, 3.8) is 0 Å². The van der Waals surface area contributed by atoms with Gasteiger partial charge in [-0.2, -0.15) is 0 Å². The number of carbonyl (C=O) groups is 1. The van der Waals surface area contributed by atoms with Crippen LogP contribution in [0.4, 0.5) is 5.69 Å². The topological polar surface area (TPSA) is 20.3 Å². The summed E-state index contributed by atoms with van der Waals surface area (Å²) in [6.45, 7) is 2.10. The first-order valence-electron chi connectivity index (χ1n) is 6.94. The van der Waals surface area contributed by atoms with Gasteiger partial charge in [-0.3, -0.25) is 4.79 Å². The zero-order valence-corrected chi connectivity index (χ0v) is 13.3. The third-order valence-electron chi connectivity index (χ3n) is 3.66. The van der Waals surface area contributed by atoms with E-state index >= 15 is 0 Å². The molecule has 1 aliphatic heterocycles. The summed E-state index contributed by atoms with van der Waals surface area (Å²) >= 11 is 7.63. The molecule has 0 radical (unpaired) electrons. The lowest BCUT2D eigenvalue weighted by Gasteiger charge is -2.22. The number of para-hydroxylation sites is 1. The molecule has 0 bridgehead atoms.